The maximum Gasteiger partial charge on any atom is 0.250 e. The number of halogens is 1. The van der Waals surface area contributed by atoms with Crippen molar-refractivity contribution in [1.29, 1.82) is 0 Å². The highest BCUT2D eigenvalue weighted by Gasteiger charge is 2.60. The number of aryl methyl sites for hydroxylation is 1. The highest BCUT2D eigenvalue weighted by Crippen LogP contribution is 2.48. The van der Waals surface area contributed by atoms with E-state index in [-0.39, 0.29) is 11.8 Å². The van der Waals surface area contributed by atoms with E-state index in [4.69, 9.17) is 16.3 Å². The standard InChI is InChI=1S/C22H24ClN3O4/c1-11-4-6-16-14(8-11)22(21(29)25-16)15(10-17(26-22)12(2)27)20(28)24-18-9-13(23)5-7-19(18)30-3/h4-9,12,15,17,26-27H,10H2,1-3H3,(H,24,28)(H,25,29)/t12?,15-,17-,22+/m1/s1. The molecule has 30 heavy (non-hydrogen) atoms. The number of anilines is 2. The molecule has 1 saturated heterocycles. The fourth-order valence-electron chi connectivity index (χ4n) is 4.43. The second kappa shape index (κ2) is 7.58. The van der Waals surface area contributed by atoms with E-state index in [2.05, 4.69) is 16.0 Å². The Hall–Kier alpha value is -2.61. The van der Waals surface area contributed by atoms with Crippen LogP contribution in [0, 0.1) is 12.8 Å². The Kier molecular flexibility index (Phi) is 5.22. The van der Waals surface area contributed by atoms with Crippen molar-refractivity contribution >= 4 is 34.8 Å². The van der Waals surface area contributed by atoms with Crippen LogP contribution in [0.5, 0.6) is 5.75 Å². The van der Waals surface area contributed by atoms with E-state index in [9.17, 15) is 14.7 Å². The molecule has 2 amide bonds. The normalized spacial score (nSPS) is 25.7. The van der Waals surface area contributed by atoms with Gasteiger partial charge >= 0.3 is 0 Å². The third-order valence-corrected chi connectivity index (χ3v) is 6.18. The van der Waals surface area contributed by atoms with E-state index in [0.717, 1.165) is 5.56 Å². The molecule has 4 atom stereocenters. The molecule has 0 aliphatic carbocycles. The van der Waals surface area contributed by atoms with Crippen molar-refractivity contribution < 1.29 is 19.4 Å². The van der Waals surface area contributed by atoms with Gasteiger partial charge in [0.15, 0.2) is 0 Å². The number of methoxy groups -OCH3 is 1. The lowest BCUT2D eigenvalue weighted by molar-refractivity contribution is -0.130. The van der Waals surface area contributed by atoms with Gasteiger partial charge in [-0.25, -0.2) is 0 Å². The number of fused-ring (bicyclic) bond motifs is 2. The first-order valence-corrected chi connectivity index (χ1v) is 10.2. The van der Waals surface area contributed by atoms with Gasteiger partial charge in [0.05, 0.1) is 24.8 Å². The number of amides is 2. The Balaban J connectivity index is 1.76. The number of hydrogen-bond acceptors (Lipinski definition) is 5. The van der Waals surface area contributed by atoms with Gasteiger partial charge in [-0.1, -0.05) is 29.3 Å². The lowest BCUT2D eigenvalue weighted by Crippen LogP contribution is -2.53. The number of carbonyl (C=O) groups is 2. The molecule has 1 fully saturated rings. The Morgan fingerprint density at radius 1 is 1.33 bits per heavy atom. The maximum atomic E-state index is 13.5. The minimum atomic E-state index is -1.26. The molecule has 2 aromatic rings. The highest BCUT2D eigenvalue weighted by atomic mass is 35.5. The molecule has 0 bridgehead atoms. The number of carbonyl (C=O) groups excluding carboxylic acids is 2. The lowest BCUT2D eigenvalue weighted by atomic mass is 9.79. The molecule has 1 unspecified atom stereocenters. The zero-order valence-corrected chi connectivity index (χ0v) is 17.7. The van der Waals surface area contributed by atoms with Crippen LogP contribution in [-0.2, 0) is 15.1 Å². The molecule has 2 aliphatic heterocycles. The number of aliphatic hydroxyl groups excluding tert-OH is 1. The predicted molar refractivity (Wildman–Crippen MR) is 115 cm³/mol. The second-order valence-electron chi connectivity index (χ2n) is 7.92. The Morgan fingerprint density at radius 2 is 2.10 bits per heavy atom. The Labute approximate surface area is 179 Å². The number of benzene rings is 2. The third kappa shape index (κ3) is 3.23. The number of aliphatic hydroxyl groups is 1. The molecule has 4 rings (SSSR count). The molecule has 0 aromatic heterocycles. The minimum absolute atomic E-state index is 0.299. The van der Waals surface area contributed by atoms with E-state index in [1.54, 1.807) is 25.1 Å². The monoisotopic (exact) mass is 429 g/mol. The zero-order chi connectivity index (χ0) is 21.6. The summed E-state index contributed by atoms with van der Waals surface area (Å²) in [6.45, 7) is 3.58. The van der Waals surface area contributed by atoms with E-state index in [1.165, 1.54) is 7.11 Å². The van der Waals surface area contributed by atoms with Crippen molar-refractivity contribution in [2.24, 2.45) is 5.92 Å². The van der Waals surface area contributed by atoms with Gasteiger partial charge in [0.25, 0.3) is 0 Å². The molecule has 1 spiro atoms. The van der Waals surface area contributed by atoms with Crippen LogP contribution in [0.4, 0.5) is 11.4 Å². The molecule has 2 heterocycles. The van der Waals surface area contributed by atoms with E-state index in [0.29, 0.717) is 34.1 Å². The van der Waals surface area contributed by atoms with Crippen LogP contribution in [0.2, 0.25) is 5.02 Å². The Bertz CT molecular complexity index is 1030. The van der Waals surface area contributed by atoms with Gasteiger partial charge in [0.1, 0.15) is 11.3 Å². The van der Waals surface area contributed by atoms with Gasteiger partial charge < -0.3 is 20.5 Å². The third-order valence-electron chi connectivity index (χ3n) is 5.95. The van der Waals surface area contributed by atoms with Crippen LogP contribution in [0.25, 0.3) is 0 Å². The van der Waals surface area contributed by atoms with E-state index in [1.807, 2.05) is 25.1 Å². The molecule has 0 saturated carbocycles. The van der Waals surface area contributed by atoms with Crippen LogP contribution >= 0.6 is 11.6 Å². The summed E-state index contributed by atoms with van der Waals surface area (Å²) < 4.78 is 5.33. The quantitative estimate of drug-likeness (QED) is 0.599. The molecule has 158 valence electrons. The summed E-state index contributed by atoms with van der Waals surface area (Å²) in [4.78, 5) is 26.7. The van der Waals surface area contributed by atoms with Crippen LogP contribution in [0.3, 0.4) is 0 Å². The van der Waals surface area contributed by atoms with Crippen molar-refractivity contribution in [3.8, 4) is 5.75 Å². The fraction of sp³-hybridized carbons (Fsp3) is 0.364. The summed E-state index contributed by atoms with van der Waals surface area (Å²) in [5.41, 5.74) is 1.52. The van der Waals surface area contributed by atoms with E-state index < -0.39 is 23.6 Å². The first kappa shape index (κ1) is 20.7. The Morgan fingerprint density at radius 3 is 2.80 bits per heavy atom. The fourth-order valence-corrected chi connectivity index (χ4v) is 4.60. The summed E-state index contributed by atoms with van der Waals surface area (Å²) in [6, 6.07) is 10.2. The average Bonchev–Trinajstić information content (AvgIpc) is 3.23. The largest absolute Gasteiger partial charge is 0.495 e. The molecular weight excluding hydrogens is 406 g/mol. The smallest absolute Gasteiger partial charge is 0.250 e. The van der Waals surface area contributed by atoms with Gasteiger partial charge in [-0.05, 0) is 44.5 Å². The molecule has 8 heteroatoms. The molecular formula is C22H24ClN3O4. The summed E-state index contributed by atoms with van der Waals surface area (Å²) in [7, 11) is 1.50. The van der Waals surface area contributed by atoms with Crippen LogP contribution < -0.4 is 20.7 Å². The molecule has 2 aliphatic rings. The van der Waals surface area contributed by atoms with Gasteiger partial charge in [0, 0.05) is 22.3 Å². The van der Waals surface area contributed by atoms with Crippen molar-refractivity contribution in [3.63, 3.8) is 0 Å². The van der Waals surface area contributed by atoms with Crippen molar-refractivity contribution in [2.75, 3.05) is 17.7 Å². The summed E-state index contributed by atoms with van der Waals surface area (Å²) in [5, 5.41) is 19.7. The van der Waals surface area contributed by atoms with Gasteiger partial charge in [-0.3, -0.25) is 14.9 Å². The molecule has 2 aromatic carbocycles. The minimum Gasteiger partial charge on any atom is -0.495 e. The molecule has 4 N–H and O–H groups in total. The van der Waals surface area contributed by atoms with E-state index >= 15 is 0 Å². The summed E-state index contributed by atoms with van der Waals surface area (Å²) in [6.07, 6.45) is -0.435. The van der Waals surface area contributed by atoms with Crippen LogP contribution in [0.1, 0.15) is 24.5 Å². The van der Waals surface area contributed by atoms with Gasteiger partial charge in [0.2, 0.25) is 11.8 Å². The van der Waals surface area contributed by atoms with Crippen LogP contribution in [-0.4, -0.2) is 36.2 Å². The SMILES string of the molecule is COc1ccc(Cl)cc1NC(=O)[C@H]1C[C@H](C(C)O)N[C@]12C(=O)Nc1ccc(C)cc12. The first-order valence-electron chi connectivity index (χ1n) is 9.79. The first-order chi connectivity index (χ1) is 14.3. The number of rotatable bonds is 4. The summed E-state index contributed by atoms with van der Waals surface area (Å²) >= 11 is 6.09. The molecule has 7 nitrogen and oxygen atoms in total. The van der Waals surface area contributed by atoms with Crippen LogP contribution in [0.15, 0.2) is 36.4 Å². The highest BCUT2D eigenvalue weighted by molar-refractivity contribution is 6.31. The second-order valence-corrected chi connectivity index (χ2v) is 8.36. The predicted octanol–water partition coefficient (Wildman–Crippen LogP) is 2.80. The maximum absolute atomic E-state index is 13.5. The zero-order valence-electron chi connectivity index (χ0n) is 17.0. The lowest BCUT2D eigenvalue weighted by Gasteiger charge is -2.29. The number of hydrogen-bond donors (Lipinski definition) is 4. The van der Waals surface area contributed by atoms with Crippen molar-refractivity contribution in [1.82, 2.24) is 5.32 Å². The number of ether oxygens (including phenoxy) is 1. The number of nitrogens with one attached hydrogen (secondary N) is 3. The molecule has 0 radical (unpaired) electrons. The summed E-state index contributed by atoms with van der Waals surface area (Å²) in [5.74, 6) is -0.934. The van der Waals surface area contributed by atoms with Gasteiger partial charge in [-0.15, -0.1) is 0 Å². The van der Waals surface area contributed by atoms with Crippen molar-refractivity contribution in [2.45, 2.75) is 38.0 Å². The van der Waals surface area contributed by atoms with Gasteiger partial charge in [-0.2, -0.15) is 0 Å². The average molecular weight is 430 g/mol. The van der Waals surface area contributed by atoms with Crippen molar-refractivity contribution in [3.05, 3.63) is 52.5 Å². The topological polar surface area (TPSA) is 99.7 Å².